The summed E-state index contributed by atoms with van der Waals surface area (Å²) in [5.74, 6) is 0.0711. The fourth-order valence-corrected chi connectivity index (χ4v) is 2.07. The van der Waals surface area contributed by atoms with Crippen LogP contribution in [-0.4, -0.2) is 26.3 Å². The smallest absolute Gasteiger partial charge is 0.126 e. The molecule has 0 aliphatic heterocycles. The van der Waals surface area contributed by atoms with Crippen LogP contribution in [0.15, 0.2) is 24.3 Å². The van der Waals surface area contributed by atoms with Crippen LogP contribution < -0.4 is 5.32 Å². The van der Waals surface area contributed by atoms with Gasteiger partial charge < -0.3 is 10.1 Å². The van der Waals surface area contributed by atoms with Crippen molar-refractivity contribution in [2.24, 2.45) is 0 Å². The quantitative estimate of drug-likeness (QED) is 0.652. The van der Waals surface area contributed by atoms with Crippen LogP contribution in [0.3, 0.4) is 0 Å². The van der Waals surface area contributed by atoms with E-state index in [-0.39, 0.29) is 11.7 Å². The van der Waals surface area contributed by atoms with E-state index in [4.69, 9.17) is 4.74 Å². The van der Waals surface area contributed by atoms with Crippen molar-refractivity contribution in [2.75, 3.05) is 26.3 Å². The standard InChI is InChI=1S/C16H26FNO/c1-3-5-11-19-12-10-14(13-18-4-2)15-8-6-7-9-16(15)17/h6-9,14,18H,3-5,10-13H2,1-2H3. The number of hydrogen-bond acceptors (Lipinski definition) is 2. The second-order valence-electron chi connectivity index (χ2n) is 4.78. The molecule has 108 valence electrons. The summed E-state index contributed by atoms with van der Waals surface area (Å²) in [6.45, 7) is 7.43. The topological polar surface area (TPSA) is 21.3 Å². The molecular weight excluding hydrogens is 241 g/mol. The summed E-state index contributed by atoms with van der Waals surface area (Å²) in [6, 6.07) is 7.05. The van der Waals surface area contributed by atoms with Crippen molar-refractivity contribution in [3.8, 4) is 0 Å². The number of likely N-dealkylation sites (N-methyl/N-ethyl adjacent to an activating group) is 1. The van der Waals surface area contributed by atoms with E-state index in [0.717, 1.165) is 44.5 Å². The molecule has 0 spiro atoms. The third-order valence-electron chi connectivity index (χ3n) is 3.24. The van der Waals surface area contributed by atoms with E-state index in [0.29, 0.717) is 6.61 Å². The first-order chi connectivity index (χ1) is 9.29. The summed E-state index contributed by atoms with van der Waals surface area (Å²) in [5.41, 5.74) is 0.794. The van der Waals surface area contributed by atoms with Crippen molar-refractivity contribution in [1.29, 1.82) is 0 Å². The first kappa shape index (κ1) is 16.1. The Morgan fingerprint density at radius 3 is 2.68 bits per heavy atom. The molecule has 1 N–H and O–H groups in total. The van der Waals surface area contributed by atoms with Crippen LogP contribution in [0.4, 0.5) is 4.39 Å². The van der Waals surface area contributed by atoms with Crippen LogP contribution in [-0.2, 0) is 4.74 Å². The normalized spacial score (nSPS) is 12.6. The summed E-state index contributed by atoms with van der Waals surface area (Å²) in [6.07, 6.45) is 3.10. The Hall–Kier alpha value is -0.930. The van der Waals surface area contributed by atoms with Crippen LogP contribution in [0.1, 0.15) is 44.6 Å². The van der Waals surface area contributed by atoms with Crippen molar-refractivity contribution >= 4 is 0 Å². The molecule has 1 unspecified atom stereocenters. The Morgan fingerprint density at radius 1 is 1.21 bits per heavy atom. The highest BCUT2D eigenvalue weighted by Gasteiger charge is 2.14. The summed E-state index contributed by atoms with van der Waals surface area (Å²) in [7, 11) is 0. The van der Waals surface area contributed by atoms with E-state index in [1.165, 1.54) is 6.07 Å². The monoisotopic (exact) mass is 267 g/mol. The minimum Gasteiger partial charge on any atom is -0.381 e. The van der Waals surface area contributed by atoms with Crippen molar-refractivity contribution in [3.63, 3.8) is 0 Å². The summed E-state index contributed by atoms with van der Waals surface area (Å²) in [4.78, 5) is 0. The first-order valence-electron chi connectivity index (χ1n) is 7.32. The zero-order chi connectivity index (χ0) is 13.9. The van der Waals surface area contributed by atoms with Gasteiger partial charge in [-0.05, 0) is 31.0 Å². The van der Waals surface area contributed by atoms with Gasteiger partial charge in [0, 0.05) is 25.7 Å². The number of ether oxygens (including phenoxy) is 1. The molecule has 0 heterocycles. The summed E-state index contributed by atoms with van der Waals surface area (Å²) >= 11 is 0. The predicted molar refractivity (Wildman–Crippen MR) is 78.0 cm³/mol. The zero-order valence-electron chi connectivity index (χ0n) is 12.1. The van der Waals surface area contributed by atoms with Gasteiger partial charge in [0.1, 0.15) is 5.82 Å². The molecule has 3 heteroatoms. The van der Waals surface area contributed by atoms with E-state index in [9.17, 15) is 4.39 Å². The van der Waals surface area contributed by atoms with Crippen molar-refractivity contribution in [1.82, 2.24) is 5.32 Å². The second-order valence-corrected chi connectivity index (χ2v) is 4.78. The molecule has 0 fully saturated rings. The average molecular weight is 267 g/mol. The number of hydrogen-bond donors (Lipinski definition) is 1. The lowest BCUT2D eigenvalue weighted by Crippen LogP contribution is -2.23. The van der Waals surface area contributed by atoms with Crippen LogP contribution in [0.5, 0.6) is 0 Å². The molecule has 0 radical (unpaired) electrons. The van der Waals surface area contributed by atoms with Crippen molar-refractivity contribution in [2.45, 2.75) is 39.0 Å². The van der Waals surface area contributed by atoms with Gasteiger partial charge in [0.25, 0.3) is 0 Å². The van der Waals surface area contributed by atoms with Crippen molar-refractivity contribution in [3.05, 3.63) is 35.6 Å². The molecule has 0 bridgehead atoms. The highest BCUT2D eigenvalue weighted by atomic mass is 19.1. The van der Waals surface area contributed by atoms with E-state index in [2.05, 4.69) is 19.2 Å². The Balaban J connectivity index is 2.49. The Morgan fingerprint density at radius 2 is 2.00 bits per heavy atom. The summed E-state index contributed by atoms with van der Waals surface area (Å²) in [5, 5.41) is 3.30. The van der Waals surface area contributed by atoms with E-state index in [1.54, 1.807) is 6.07 Å². The van der Waals surface area contributed by atoms with Gasteiger partial charge in [0.15, 0.2) is 0 Å². The van der Waals surface area contributed by atoms with Crippen LogP contribution >= 0.6 is 0 Å². The molecule has 0 saturated carbocycles. The third-order valence-corrected chi connectivity index (χ3v) is 3.24. The fourth-order valence-electron chi connectivity index (χ4n) is 2.07. The zero-order valence-corrected chi connectivity index (χ0v) is 12.1. The largest absolute Gasteiger partial charge is 0.381 e. The van der Waals surface area contributed by atoms with Crippen molar-refractivity contribution < 1.29 is 9.13 Å². The summed E-state index contributed by atoms with van der Waals surface area (Å²) < 4.78 is 19.4. The maximum Gasteiger partial charge on any atom is 0.126 e. The molecular formula is C16H26FNO. The molecule has 19 heavy (non-hydrogen) atoms. The van der Waals surface area contributed by atoms with Gasteiger partial charge in [0.05, 0.1) is 0 Å². The van der Waals surface area contributed by atoms with Crippen LogP contribution in [0.2, 0.25) is 0 Å². The molecule has 1 atom stereocenters. The Kier molecular flexibility index (Phi) is 8.43. The van der Waals surface area contributed by atoms with Gasteiger partial charge in [-0.3, -0.25) is 0 Å². The number of nitrogens with one attached hydrogen (secondary N) is 1. The molecule has 0 amide bonds. The number of halogens is 1. The lowest BCUT2D eigenvalue weighted by molar-refractivity contribution is 0.123. The van der Waals surface area contributed by atoms with Gasteiger partial charge in [0.2, 0.25) is 0 Å². The van der Waals surface area contributed by atoms with Gasteiger partial charge >= 0.3 is 0 Å². The molecule has 1 rings (SSSR count). The molecule has 0 aliphatic rings. The number of benzene rings is 1. The number of unbranched alkanes of at least 4 members (excludes halogenated alkanes) is 1. The lowest BCUT2D eigenvalue weighted by atomic mass is 9.95. The van der Waals surface area contributed by atoms with E-state index < -0.39 is 0 Å². The minimum absolute atomic E-state index is 0.112. The molecule has 1 aromatic rings. The SMILES string of the molecule is CCCCOCCC(CNCC)c1ccccc1F. The number of rotatable bonds is 10. The average Bonchev–Trinajstić information content (AvgIpc) is 2.43. The Bertz CT molecular complexity index is 343. The minimum atomic E-state index is -0.112. The fraction of sp³-hybridized carbons (Fsp3) is 0.625. The highest BCUT2D eigenvalue weighted by molar-refractivity contribution is 5.22. The first-order valence-corrected chi connectivity index (χ1v) is 7.32. The van der Waals surface area contributed by atoms with Crippen LogP contribution in [0.25, 0.3) is 0 Å². The van der Waals surface area contributed by atoms with Gasteiger partial charge in [-0.15, -0.1) is 0 Å². The molecule has 0 saturated heterocycles. The van der Waals surface area contributed by atoms with Crippen LogP contribution in [0, 0.1) is 5.82 Å². The molecule has 0 aliphatic carbocycles. The van der Waals surface area contributed by atoms with E-state index >= 15 is 0 Å². The van der Waals surface area contributed by atoms with Gasteiger partial charge in [-0.1, -0.05) is 38.5 Å². The molecule has 1 aromatic carbocycles. The van der Waals surface area contributed by atoms with Gasteiger partial charge in [-0.25, -0.2) is 4.39 Å². The molecule has 0 aromatic heterocycles. The Labute approximate surface area is 116 Å². The second kappa shape index (κ2) is 9.93. The van der Waals surface area contributed by atoms with E-state index in [1.807, 2.05) is 12.1 Å². The predicted octanol–water partition coefficient (Wildman–Crippen LogP) is 3.73. The molecule has 2 nitrogen and oxygen atoms in total. The maximum absolute atomic E-state index is 13.8. The third kappa shape index (κ3) is 6.17. The highest BCUT2D eigenvalue weighted by Crippen LogP contribution is 2.22. The lowest BCUT2D eigenvalue weighted by Gasteiger charge is -2.18. The maximum atomic E-state index is 13.8. The van der Waals surface area contributed by atoms with Gasteiger partial charge in [-0.2, -0.15) is 0 Å².